The molecule has 0 aromatic heterocycles. The number of aryl methyl sites for hydroxylation is 1. The Morgan fingerprint density at radius 2 is 1.98 bits per heavy atom. The maximum atomic E-state index is 13.8. The van der Waals surface area contributed by atoms with Gasteiger partial charge >= 0.3 is 0 Å². The molecular formula is C40H57ClN2O7S. The number of anilines is 1. The molecule has 0 bridgehead atoms. The minimum Gasteiger partial charge on any atom is -0.487 e. The molecule has 0 radical (unpaired) electrons. The van der Waals surface area contributed by atoms with Crippen molar-refractivity contribution in [2.24, 2.45) is 17.8 Å². The van der Waals surface area contributed by atoms with Gasteiger partial charge in [0.25, 0.3) is 5.91 Å². The molecule has 0 unspecified atom stereocenters. The number of hydrogen-bond acceptors (Lipinski definition) is 8. The largest absolute Gasteiger partial charge is 0.487 e. The van der Waals surface area contributed by atoms with Gasteiger partial charge in [-0.05, 0) is 111 Å². The normalized spacial score (nSPS) is 19.8. The maximum absolute atomic E-state index is 13.8. The Labute approximate surface area is 310 Å². The lowest BCUT2D eigenvalue weighted by Crippen LogP contribution is -2.43. The first-order valence-corrected chi connectivity index (χ1v) is 20.4. The van der Waals surface area contributed by atoms with Crippen LogP contribution >= 0.6 is 11.6 Å². The number of fused-ring (bicyclic) bond motifs is 2. The number of benzene rings is 2. The molecule has 51 heavy (non-hydrogen) atoms. The molecule has 1 amide bonds. The van der Waals surface area contributed by atoms with Gasteiger partial charge in [0.1, 0.15) is 12.4 Å². The Bertz CT molecular complexity index is 1570. The highest BCUT2D eigenvalue weighted by atomic mass is 35.5. The lowest BCUT2D eigenvalue weighted by atomic mass is 9.70. The summed E-state index contributed by atoms with van der Waals surface area (Å²) in [7, 11) is -2.49. The summed E-state index contributed by atoms with van der Waals surface area (Å²) in [5, 5.41) is 10.8. The number of halogens is 1. The van der Waals surface area contributed by atoms with E-state index in [4.69, 9.17) is 25.8 Å². The monoisotopic (exact) mass is 744 g/mol. The van der Waals surface area contributed by atoms with E-state index in [1.165, 1.54) is 0 Å². The number of carbonyl (C=O) groups is 1. The molecule has 1 fully saturated rings. The fraction of sp³-hybridized carbons (Fsp3) is 0.575. The van der Waals surface area contributed by atoms with Crippen molar-refractivity contribution in [3.8, 4) is 5.75 Å². The number of nitrogens with zero attached hydrogens (tertiary/aromatic N) is 1. The number of sulfonamides is 1. The van der Waals surface area contributed by atoms with Crippen molar-refractivity contribution < 1.29 is 32.5 Å². The molecule has 2 aliphatic rings. The molecule has 4 rings (SSSR count). The lowest BCUT2D eigenvalue weighted by molar-refractivity contribution is 0.0461. The van der Waals surface area contributed by atoms with E-state index in [0.717, 1.165) is 61.8 Å². The van der Waals surface area contributed by atoms with Crippen LogP contribution in [0, 0.1) is 17.8 Å². The predicted octanol–water partition coefficient (Wildman–Crippen LogP) is 7.50. The molecule has 2 N–H and O–H groups in total. The summed E-state index contributed by atoms with van der Waals surface area (Å²) < 4.78 is 46.9. The summed E-state index contributed by atoms with van der Waals surface area (Å²) >= 11 is 6.36. The third kappa shape index (κ3) is 11.8. The second kappa shape index (κ2) is 20.4. The highest BCUT2D eigenvalue weighted by Crippen LogP contribution is 2.41. The number of aliphatic hydroxyl groups is 1. The van der Waals surface area contributed by atoms with Gasteiger partial charge in [-0.3, -0.25) is 4.79 Å². The van der Waals surface area contributed by atoms with E-state index < -0.39 is 27.3 Å². The third-order valence-electron chi connectivity index (χ3n) is 10.2. The molecule has 11 heteroatoms. The first-order valence-electron chi connectivity index (χ1n) is 18.4. The Morgan fingerprint density at radius 1 is 1.16 bits per heavy atom. The molecule has 282 valence electrons. The molecule has 1 aliphatic carbocycles. The van der Waals surface area contributed by atoms with Crippen LogP contribution in [-0.4, -0.2) is 70.8 Å². The average molecular weight is 745 g/mol. The maximum Gasteiger partial charge on any atom is 0.264 e. The minimum atomic E-state index is -4.07. The van der Waals surface area contributed by atoms with Crippen LogP contribution in [0.25, 0.3) is 0 Å². The standard InChI is InChI=1S/C40H57ClN2O7S/c1-5-7-8-13-37(44)35-18-15-32(35)27-43-21-10-9-12-30-25-34(41)17-14-33(30)28-50-38-19-16-31(26-36(38)43)40(45)42-51(46,47)39(29(3)11-6-2)20-22-49-24-23-48-4/h6,8,13-14,16-17,19,25-26,29,32,35,37,39,44H,2,5,7,9-12,15,18,20-24,27-28H2,1,3-4H3,(H,42,45)/b13-8+/t29-,32-,35+,37-,39+/m0/s1. The highest BCUT2D eigenvalue weighted by molar-refractivity contribution is 7.90. The van der Waals surface area contributed by atoms with E-state index in [9.17, 15) is 18.3 Å². The number of amides is 1. The number of ether oxygens (including phenoxy) is 3. The van der Waals surface area contributed by atoms with Gasteiger partial charge in [0.15, 0.2) is 0 Å². The zero-order chi connectivity index (χ0) is 36.8. The number of methoxy groups -OCH3 is 1. The molecule has 1 aliphatic heterocycles. The number of aliphatic hydroxyl groups excluding tert-OH is 1. The van der Waals surface area contributed by atoms with Gasteiger partial charge in [-0.25, -0.2) is 13.1 Å². The van der Waals surface area contributed by atoms with Crippen molar-refractivity contribution in [1.82, 2.24) is 4.72 Å². The van der Waals surface area contributed by atoms with Crippen LogP contribution in [0.2, 0.25) is 5.02 Å². The van der Waals surface area contributed by atoms with Crippen LogP contribution < -0.4 is 14.4 Å². The van der Waals surface area contributed by atoms with Crippen molar-refractivity contribution >= 4 is 33.2 Å². The van der Waals surface area contributed by atoms with Crippen LogP contribution in [0.1, 0.15) is 86.7 Å². The van der Waals surface area contributed by atoms with Crippen LogP contribution in [0.3, 0.4) is 0 Å². The molecule has 2 aromatic carbocycles. The summed E-state index contributed by atoms with van der Waals surface area (Å²) in [5.74, 6) is 0.0479. The second-order valence-electron chi connectivity index (χ2n) is 13.9. The summed E-state index contributed by atoms with van der Waals surface area (Å²) in [5.41, 5.74) is 3.18. The van der Waals surface area contributed by atoms with Crippen molar-refractivity contribution in [3.05, 3.63) is 82.9 Å². The zero-order valence-electron chi connectivity index (χ0n) is 30.5. The summed E-state index contributed by atoms with van der Waals surface area (Å²) in [6.07, 6.45) is 12.5. The average Bonchev–Trinajstić information content (AvgIpc) is 3.11. The van der Waals surface area contributed by atoms with Gasteiger partial charge in [-0.2, -0.15) is 0 Å². The zero-order valence-corrected chi connectivity index (χ0v) is 32.1. The number of allylic oxidation sites excluding steroid dienone is 2. The van der Waals surface area contributed by atoms with Crippen molar-refractivity contribution in [2.45, 2.75) is 89.6 Å². The van der Waals surface area contributed by atoms with E-state index in [0.29, 0.717) is 50.1 Å². The molecule has 1 heterocycles. The number of nitrogens with one attached hydrogen (secondary N) is 1. The van der Waals surface area contributed by atoms with Crippen LogP contribution in [0.4, 0.5) is 5.69 Å². The first kappa shape index (κ1) is 40.9. The highest BCUT2D eigenvalue weighted by Gasteiger charge is 2.37. The van der Waals surface area contributed by atoms with Crippen molar-refractivity contribution in [1.29, 1.82) is 0 Å². The Kier molecular flexibility index (Phi) is 16.3. The smallest absolute Gasteiger partial charge is 0.264 e. The molecule has 1 saturated carbocycles. The SMILES string of the molecule is C=CC[C@H](C)[C@@H](CCOCCOC)S(=O)(=O)NC(=O)c1ccc2c(c1)N(C[C@@H]1CC[C@H]1[C@@H](O)/C=C/CCC)CCCCc1cc(Cl)ccc1CO2. The van der Waals surface area contributed by atoms with E-state index in [-0.39, 0.29) is 36.3 Å². The second-order valence-corrected chi connectivity index (χ2v) is 16.2. The summed E-state index contributed by atoms with van der Waals surface area (Å²) in [6, 6.07) is 11.0. The van der Waals surface area contributed by atoms with E-state index in [1.54, 1.807) is 31.4 Å². The van der Waals surface area contributed by atoms with Crippen LogP contribution in [0.5, 0.6) is 5.75 Å². The number of unbranched alkanes of at least 4 members (excludes halogenated alkanes) is 1. The van der Waals surface area contributed by atoms with E-state index in [1.807, 2.05) is 31.2 Å². The predicted molar refractivity (Wildman–Crippen MR) is 205 cm³/mol. The fourth-order valence-electron chi connectivity index (χ4n) is 7.05. The first-order chi connectivity index (χ1) is 24.6. The van der Waals surface area contributed by atoms with Crippen LogP contribution in [-0.2, 0) is 32.5 Å². The summed E-state index contributed by atoms with van der Waals surface area (Å²) in [4.78, 5) is 16.0. The minimum absolute atomic E-state index is 0.150. The summed E-state index contributed by atoms with van der Waals surface area (Å²) in [6.45, 7) is 10.5. The van der Waals surface area contributed by atoms with Crippen molar-refractivity contribution in [3.63, 3.8) is 0 Å². The molecule has 5 atom stereocenters. The molecule has 2 aromatic rings. The van der Waals surface area contributed by atoms with Gasteiger partial charge in [-0.1, -0.05) is 56.2 Å². The molecule has 9 nitrogen and oxygen atoms in total. The van der Waals surface area contributed by atoms with Crippen LogP contribution in [0.15, 0.2) is 61.2 Å². The van der Waals surface area contributed by atoms with Gasteiger partial charge in [0, 0.05) is 37.4 Å². The van der Waals surface area contributed by atoms with E-state index >= 15 is 0 Å². The Balaban J connectivity index is 1.62. The Hall–Kier alpha value is -2.89. The topological polar surface area (TPSA) is 114 Å². The number of rotatable bonds is 18. The van der Waals surface area contributed by atoms with Gasteiger partial charge in [0.05, 0.1) is 30.3 Å². The molecular weight excluding hydrogens is 688 g/mol. The lowest BCUT2D eigenvalue weighted by Gasteiger charge is -2.42. The van der Waals surface area contributed by atoms with Gasteiger partial charge < -0.3 is 24.2 Å². The quantitative estimate of drug-likeness (QED) is 0.119. The van der Waals surface area contributed by atoms with Gasteiger partial charge in [0.2, 0.25) is 10.0 Å². The Morgan fingerprint density at radius 3 is 2.71 bits per heavy atom. The number of hydrogen-bond donors (Lipinski definition) is 2. The van der Waals surface area contributed by atoms with Gasteiger partial charge in [-0.15, -0.1) is 6.58 Å². The van der Waals surface area contributed by atoms with E-state index in [2.05, 4.69) is 29.2 Å². The molecule has 0 spiro atoms. The third-order valence-corrected chi connectivity index (χ3v) is 12.4. The number of carbonyl (C=O) groups excluding carboxylic acids is 1. The molecule has 0 saturated heterocycles. The fourth-order valence-corrected chi connectivity index (χ4v) is 8.90. The van der Waals surface area contributed by atoms with Crippen molar-refractivity contribution in [2.75, 3.05) is 44.9 Å².